The van der Waals surface area contributed by atoms with Crippen molar-refractivity contribution in [3.63, 3.8) is 0 Å². The number of primary amides is 1. The van der Waals surface area contributed by atoms with Crippen molar-refractivity contribution < 1.29 is 29.1 Å². The van der Waals surface area contributed by atoms with Gasteiger partial charge in [0, 0.05) is 6.42 Å². The molecular weight excluding hydrogens is 454 g/mol. The van der Waals surface area contributed by atoms with Crippen LogP contribution < -0.4 is 27.4 Å². The summed E-state index contributed by atoms with van der Waals surface area (Å²) in [6.07, 6.45) is -0.0934. The maximum Gasteiger partial charge on any atom is 0.326 e. The Balaban J connectivity index is 3.12. The molecule has 0 aliphatic rings. The summed E-state index contributed by atoms with van der Waals surface area (Å²) in [5, 5.41) is 16.9. The number of nitrogens with one attached hydrogen (secondary N) is 3. The molecule has 1 aromatic carbocycles. The molecule has 0 aliphatic heterocycles. The third-order valence-electron chi connectivity index (χ3n) is 5.25. The minimum Gasteiger partial charge on any atom is -0.480 e. The molecule has 8 N–H and O–H groups in total. The van der Waals surface area contributed by atoms with E-state index in [0.717, 1.165) is 0 Å². The summed E-state index contributed by atoms with van der Waals surface area (Å²) in [5.41, 5.74) is 11.9. The lowest BCUT2D eigenvalue weighted by Crippen LogP contribution is -2.58. The predicted octanol–water partition coefficient (Wildman–Crippen LogP) is -0.327. The quantitative estimate of drug-likeness (QED) is 0.205. The first-order valence-corrected chi connectivity index (χ1v) is 11.5. The highest BCUT2D eigenvalue weighted by Gasteiger charge is 2.32. The number of hydrogen-bond acceptors (Lipinski definition) is 6. The van der Waals surface area contributed by atoms with Crippen molar-refractivity contribution in [3.8, 4) is 0 Å². The van der Waals surface area contributed by atoms with E-state index in [-0.39, 0.29) is 12.3 Å². The minimum absolute atomic E-state index is 0.0486. The molecule has 4 amide bonds. The van der Waals surface area contributed by atoms with Crippen molar-refractivity contribution in [2.75, 3.05) is 0 Å². The summed E-state index contributed by atoms with van der Waals surface area (Å²) in [6, 6.07) is 4.19. The fourth-order valence-corrected chi connectivity index (χ4v) is 3.40. The van der Waals surface area contributed by atoms with E-state index in [2.05, 4.69) is 16.0 Å². The molecule has 1 rings (SSSR count). The average Bonchev–Trinajstić information content (AvgIpc) is 2.75. The Kier molecular flexibility index (Phi) is 11.9. The van der Waals surface area contributed by atoms with Gasteiger partial charge in [0.05, 0.1) is 12.5 Å². The topological polar surface area (TPSA) is 194 Å². The fourth-order valence-electron chi connectivity index (χ4n) is 3.40. The van der Waals surface area contributed by atoms with E-state index >= 15 is 0 Å². The number of nitrogens with two attached hydrogens (primary N) is 2. The lowest BCUT2D eigenvalue weighted by atomic mass is 10.0. The van der Waals surface area contributed by atoms with E-state index < -0.39 is 66.1 Å². The van der Waals surface area contributed by atoms with Crippen molar-refractivity contribution in [1.29, 1.82) is 0 Å². The van der Waals surface area contributed by atoms with Crippen LogP contribution in [0.5, 0.6) is 0 Å². The fraction of sp³-hybridized carbons (Fsp3) is 0.542. The molecule has 4 unspecified atom stereocenters. The van der Waals surface area contributed by atoms with Gasteiger partial charge in [-0.2, -0.15) is 0 Å². The summed E-state index contributed by atoms with van der Waals surface area (Å²) < 4.78 is 0. The van der Waals surface area contributed by atoms with Gasteiger partial charge in [0.15, 0.2) is 0 Å². The van der Waals surface area contributed by atoms with Crippen LogP contribution in [0.4, 0.5) is 0 Å². The van der Waals surface area contributed by atoms with Crippen LogP contribution in [0.2, 0.25) is 0 Å². The number of rotatable bonds is 14. The molecule has 0 saturated heterocycles. The van der Waals surface area contributed by atoms with Gasteiger partial charge in [-0.1, -0.05) is 58.0 Å². The Hall–Kier alpha value is -3.47. The van der Waals surface area contributed by atoms with Gasteiger partial charge in [-0.3, -0.25) is 19.2 Å². The molecule has 4 atom stereocenters. The zero-order valence-electron chi connectivity index (χ0n) is 20.6. The summed E-state index contributed by atoms with van der Waals surface area (Å²) in [7, 11) is 0. The van der Waals surface area contributed by atoms with Gasteiger partial charge >= 0.3 is 5.97 Å². The Morgan fingerprint density at radius 1 is 0.857 bits per heavy atom. The van der Waals surface area contributed by atoms with E-state index in [1.165, 1.54) is 0 Å². The minimum atomic E-state index is -1.36. The van der Waals surface area contributed by atoms with Crippen LogP contribution in [0.15, 0.2) is 30.3 Å². The number of amides is 4. The van der Waals surface area contributed by atoms with Crippen LogP contribution in [-0.2, 0) is 30.4 Å². The smallest absolute Gasteiger partial charge is 0.326 e. The predicted molar refractivity (Wildman–Crippen MR) is 130 cm³/mol. The van der Waals surface area contributed by atoms with Crippen LogP contribution in [0.25, 0.3) is 0 Å². The van der Waals surface area contributed by atoms with Crippen LogP contribution in [0.1, 0.15) is 46.1 Å². The van der Waals surface area contributed by atoms with Gasteiger partial charge in [-0.05, 0) is 23.8 Å². The molecule has 0 aromatic heterocycles. The second kappa shape index (κ2) is 14.1. The second-order valence-corrected chi connectivity index (χ2v) is 9.29. The molecule has 0 bridgehead atoms. The van der Waals surface area contributed by atoms with Gasteiger partial charge in [-0.15, -0.1) is 0 Å². The molecule has 0 fully saturated rings. The van der Waals surface area contributed by atoms with Crippen molar-refractivity contribution >= 4 is 29.6 Å². The first kappa shape index (κ1) is 29.6. The van der Waals surface area contributed by atoms with Crippen LogP contribution in [-0.4, -0.2) is 58.9 Å². The zero-order chi connectivity index (χ0) is 26.7. The van der Waals surface area contributed by atoms with E-state index in [0.29, 0.717) is 12.0 Å². The van der Waals surface area contributed by atoms with Crippen LogP contribution >= 0.6 is 0 Å². The van der Waals surface area contributed by atoms with E-state index in [9.17, 15) is 29.1 Å². The third-order valence-corrected chi connectivity index (χ3v) is 5.25. The normalized spacial score (nSPS) is 14.5. The number of hydrogen-bond donors (Lipinski definition) is 6. The molecule has 0 spiro atoms. The molecule has 1 aromatic rings. The number of carboxylic acids is 1. The van der Waals surface area contributed by atoms with Crippen molar-refractivity contribution in [3.05, 3.63) is 35.9 Å². The maximum absolute atomic E-state index is 13.0. The van der Waals surface area contributed by atoms with Crippen molar-refractivity contribution in [2.24, 2.45) is 23.3 Å². The number of carbonyl (C=O) groups is 5. The summed E-state index contributed by atoms with van der Waals surface area (Å²) in [5.74, 6) is -4.50. The molecule has 0 radical (unpaired) electrons. The van der Waals surface area contributed by atoms with Gasteiger partial charge in [-0.25, -0.2) is 4.79 Å². The number of carboxylic acid groups (broad SMARTS) is 1. The SMILES string of the molecule is CC(C)CC(N)C(=O)NC(CC(N)=O)C(=O)NC(Cc1ccccc1)C(=O)NC(C(=O)O)C(C)C. The third kappa shape index (κ3) is 10.6. The molecule has 0 saturated carbocycles. The molecular formula is C24H37N5O6. The molecule has 35 heavy (non-hydrogen) atoms. The van der Waals surface area contributed by atoms with Crippen LogP contribution in [0, 0.1) is 11.8 Å². The van der Waals surface area contributed by atoms with Crippen molar-refractivity contribution in [2.45, 2.75) is 71.1 Å². The molecule has 11 heteroatoms. The van der Waals surface area contributed by atoms with E-state index in [1.54, 1.807) is 44.2 Å². The van der Waals surface area contributed by atoms with E-state index in [1.807, 2.05) is 13.8 Å². The van der Waals surface area contributed by atoms with Crippen molar-refractivity contribution in [1.82, 2.24) is 16.0 Å². The molecule has 0 heterocycles. The second-order valence-electron chi connectivity index (χ2n) is 9.29. The van der Waals surface area contributed by atoms with Gasteiger partial charge < -0.3 is 32.5 Å². The largest absolute Gasteiger partial charge is 0.480 e. The highest BCUT2D eigenvalue weighted by molar-refractivity contribution is 5.96. The number of carbonyl (C=O) groups excluding carboxylic acids is 4. The molecule has 0 aliphatic carbocycles. The lowest BCUT2D eigenvalue weighted by molar-refractivity contribution is -0.143. The standard InChI is InChI=1S/C24H37N5O6/c1-13(2)10-16(25)21(31)27-18(12-19(26)30)22(32)28-17(11-15-8-6-5-7-9-15)23(33)29-20(14(3)4)24(34)35/h5-9,13-14,16-18,20H,10-12,25H2,1-4H3,(H2,26,30)(H,27,31)(H,28,32)(H,29,33)(H,34,35). The Bertz CT molecular complexity index is 890. The first-order chi connectivity index (χ1) is 16.3. The summed E-state index contributed by atoms with van der Waals surface area (Å²) in [4.78, 5) is 61.6. The Labute approximate surface area is 205 Å². The Morgan fingerprint density at radius 3 is 1.89 bits per heavy atom. The molecule has 11 nitrogen and oxygen atoms in total. The van der Waals surface area contributed by atoms with Gasteiger partial charge in [0.1, 0.15) is 18.1 Å². The Morgan fingerprint density at radius 2 is 1.40 bits per heavy atom. The van der Waals surface area contributed by atoms with Gasteiger partial charge in [0.2, 0.25) is 23.6 Å². The number of benzene rings is 1. The highest BCUT2D eigenvalue weighted by atomic mass is 16.4. The molecule has 194 valence electrons. The van der Waals surface area contributed by atoms with Crippen LogP contribution in [0.3, 0.4) is 0 Å². The lowest BCUT2D eigenvalue weighted by Gasteiger charge is -2.26. The highest BCUT2D eigenvalue weighted by Crippen LogP contribution is 2.08. The average molecular weight is 492 g/mol. The first-order valence-electron chi connectivity index (χ1n) is 11.5. The van der Waals surface area contributed by atoms with E-state index in [4.69, 9.17) is 11.5 Å². The maximum atomic E-state index is 13.0. The summed E-state index contributed by atoms with van der Waals surface area (Å²) in [6.45, 7) is 7.05. The monoisotopic (exact) mass is 491 g/mol. The summed E-state index contributed by atoms with van der Waals surface area (Å²) >= 11 is 0. The number of aliphatic carboxylic acids is 1. The van der Waals surface area contributed by atoms with Gasteiger partial charge in [0.25, 0.3) is 0 Å². The zero-order valence-corrected chi connectivity index (χ0v) is 20.6.